The molecule has 0 aliphatic heterocycles. The summed E-state index contributed by atoms with van der Waals surface area (Å²) in [6.45, 7) is 0. The fourth-order valence-electron chi connectivity index (χ4n) is 1.20. The molecule has 2 rings (SSSR count). The number of carbonyl (C=O) groups is 1. The summed E-state index contributed by atoms with van der Waals surface area (Å²) >= 11 is 0. The van der Waals surface area contributed by atoms with Gasteiger partial charge in [0.15, 0.2) is 0 Å². The second-order valence-electron chi connectivity index (χ2n) is 3.07. The maximum absolute atomic E-state index is 10.6. The highest BCUT2D eigenvalue weighted by molar-refractivity contribution is 5.87. The van der Waals surface area contributed by atoms with Crippen LogP contribution in [0.3, 0.4) is 0 Å². The van der Waals surface area contributed by atoms with Crippen molar-refractivity contribution in [3.8, 4) is 5.69 Å². The molecule has 0 aliphatic carbocycles. The Balaban J connectivity index is 0.00000128. The van der Waals surface area contributed by atoms with Crippen molar-refractivity contribution in [1.82, 2.24) is 9.78 Å². The largest absolute Gasteiger partial charge is 0.478 e. The number of anilines is 1. The number of nitrogens with zero attached hydrogens (tertiary/aromatic N) is 2. The van der Waals surface area contributed by atoms with E-state index in [1.54, 1.807) is 24.3 Å². The fourth-order valence-corrected chi connectivity index (χ4v) is 1.20. The fraction of sp³-hybridized carbons (Fsp3) is 0. The van der Waals surface area contributed by atoms with E-state index < -0.39 is 5.97 Å². The Morgan fingerprint density at radius 3 is 2.44 bits per heavy atom. The molecule has 1 heterocycles. The number of nitrogens with two attached hydrogens (primary N) is 1. The summed E-state index contributed by atoms with van der Waals surface area (Å²) in [5.41, 5.74) is 7.13. The number of hydrogen-bond donors (Lipinski definition) is 2. The third kappa shape index (κ3) is 2.32. The average molecular weight is 240 g/mol. The van der Waals surface area contributed by atoms with E-state index in [1.807, 2.05) is 0 Å². The Kier molecular flexibility index (Phi) is 3.52. The van der Waals surface area contributed by atoms with E-state index in [4.69, 9.17) is 10.8 Å². The van der Waals surface area contributed by atoms with Crippen LogP contribution in [-0.2, 0) is 0 Å². The molecule has 0 spiro atoms. The lowest BCUT2D eigenvalue weighted by Crippen LogP contribution is -1.96. The minimum absolute atomic E-state index is 0. The zero-order valence-electron chi connectivity index (χ0n) is 8.20. The predicted molar refractivity (Wildman–Crippen MR) is 62.2 cm³/mol. The Morgan fingerprint density at radius 2 is 1.94 bits per heavy atom. The van der Waals surface area contributed by atoms with E-state index in [9.17, 15) is 4.79 Å². The molecule has 0 saturated carbocycles. The first-order chi connectivity index (χ1) is 7.16. The number of rotatable bonds is 2. The topological polar surface area (TPSA) is 81.1 Å². The van der Waals surface area contributed by atoms with Crippen molar-refractivity contribution >= 4 is 24.1 Å². The predicted octanol–water partition coefficient (Wildman–Crippen LogP) is 1.57. The molecule has 0 unspecified atom stereocenters. The van der Waals surface area contributed by atoms with Gasteiger partial charge < -0.3 is 10.8 Å². The first-order valence-electron chi connectivity index (χ1n) is 4.31. The van der Waals surface area contributed by atoms with Gasteiger partial charge in [-0.2, -0.15) is 5.10 Å². The molecule has 0 fully saturated rings. The van der Waals surface area contributed by atoms with Crippen LogP contribution in [0.25, 0.3) is 5.69 Å². The highest BCUT2D eigenvalue weighted by Gasteiger charge is 2.06. The van der Waals surface area contributed by atoms with Gasteiger partial charge in [0.1, 0.15) is 0 Å². The number of aromatic carboxylic acids is 1. The van der Waals surface area contributed by atoms with E-state index in [0.29, 0.717) is 5.69 Å². The summed E-state index contributed by atoms with van der Waals surface area (Å²) in [4.78, 5) is 10.6. The molecule has 3 N–H and O–H groups in total. The van der Waals surface area contributed by atoms with E-state index in [1.165, 1.54) is 17.1 Å². The first kappa shape index (κ1) is 12.1. The Labute approximate surface area is 97.9 Å². The Bertz CT molecular complexity index is 493. The summed E-state index contributed by atoms with van der Waals surface area (Å²) in [7, 11) is 0. The normalized spacial score (nSPS) is 9.50. The van der Waals surface area contributed by atoms with Crippen molar-refractivity contribution in [1.29, 1.82) is 0 Å². The Morgan fingerprint density at radius 1 is 1.31 bits per heavy atom. The summed E-state index contributed by atoms with van der Waals surface area (Å²) in [6.07, 6.45) is 2.76. The van der Waals surface area contributed by atoms with Crippen LogP contribution in [-0.4, -0.2) is 20.9 Å². The van der Waals surface area contributed by atoms with Crippen LogP contribution in [0.4, 0.5) is 5.69 Å². The zero-order chi connectivity index (χ0) is 10.8. The molecule has 0 bridgehead atoms. The minimum atomic E-state index is -0.989. The molecule has 0 radical (unpaired) electrons. The molecule has 1 aromatic carbocycles. The molecule has 2 aromatic rings. The third-order valence-corrected chi connectivity index (χ3v) is 1.99. The van der Waals surface area contributed by atoms with Crippen LogP contribution in [0.5, 0.6) is 0 Å². The molecule has 84 valence electrons. The van der Waals surface area contributed by atoms with Crippen molar-refractivity contribution in [2.24, 2.45) is 0 Å². The molecule has 5 nitrogen and oxygen atoms in total. The molecule has 1 aromatic heterocycles. The van der Waals surface area contributed by atoms with E-state index >= 15 is 0 Å². The number of benzene rings is 1. The van der Waals surface area contributed by atoms with Crippen molar-refractivity contribution in [3.05, 3.63) is 42.2 Å². The number of halogens is 1. The smallest absolute Gasteiger partial charge is 0.338 e. The monoisotopic (exact) mass is 239 g/mol. The highest BCUT2D eigenvalue weighted by atomic mass is 35.5. The number of hydrogen-bond acceptors (Lipinski definition) is 3. The quantitative estimate of drug-likeness (QED) is 0.780. The van der Waals surface area contributed by atoms with Gasteiger partial charge in [-0.25, -0.2) is 9.48 Å². The van der Waals surface area contributed by atoms with Crippen molar-refractivity contribution in [3.63, 3.8) is 0 Å². The summed E-state index contributed by atoms with van der Waals surface area (Å²) < 4.78 is 1.49. The maximum Gasteiger partial charge on any atom is 0.338 e. The minimum Gasteiger partial charge on any atom is -0.478 e. The highest BCUT2D eigenvalue weighted by Crippen LogP contribution is 2.10. The summed E-state index contributed by atoms with van der Waals surface area (Å²) in [5.74, 6) is -0.989. The van der Waals surface area contributed by atoms with Gasteiger partial charge in [-0.15, -0.1) is 12.4 Å². The van der Waals surface area contributed by atoms with Crippen LogP contribution in [0.2, 0.25) is 0 Å². The second kappa shape index (κ2) is 4.67. The molecular weight excluding hydrogens is 230 g/mol. The van der Waals surface area contributed by atoms with Crippen LogP contribution < -0.4 is 5.73 Å². The molecule has 0 aliphatic rings. The van der Waals surface area contributed by atoms with Gasteiger partial charge in [0.25, 0.3) is 0 Å². The number of nitrogen functional groups attached to an aromatic ring is 1. The van der Waals surface area contributed by atoms with E-state index in [0.717, 1.165) is 5.69 Å². The van der Waals surface area contributed by atoms with Crippen LogP contribution in [0, 0.1) is 0 Å². The molecule has 0 amide bonds. The van der Waals surface area contributed by atoms with Crippen LogP contribution in [0.1, 0.15) is 10.4 Å². The molecule has 16 heavy (non-hydrogen) atoms. The van der Waals surface area contributed by atoms with E-state index in [2.05, 4.69) is 5.10 Å². The molecule has 0 saturated heterocycles. The number of carboxylic acid groups (broad SMARTS) is 1. The van der Waals surface area contributed by atoms with Gasteiger partial charge in [-0.05, 0) is 24.3 Å². The maximum atomic E-state index is 10.6. The lowest BCUT2D eigenvalue weighted by molar-refractivity contribution is 0.0697. The SMILES string of the molecule is Cl.Nc1ccc(-n2cc(C(=O)O)cn2)cc1. The molecular formula is C10H10ClN3O2. The van der Waals surface area contributed by atoms with Crippen LogP contribution in [0.15, 0.2) is 36.7 Å². The summed E-state index contributed by atoms with van der Waals surface area (Å²) in [6, 6.07) is 7.01. The van der Waals surface area contributed by atoms with Gasteiger partial charge >= 0.3 is 5.97 Å². The number of aromatic nitrogens is 2. The van der Waals surface area contributed by atoms with Gasteiger partial charge in [0.05, 0.1) is 17.4 Å². The van der Waals surface area contributed by atoms with Crippen LogP contribution >= 0.6 is 12.4 Å². The van der Waals surface area contributed by atoms with Gasteiger partial charge in [-0.1, -0.05) is 0 Å². The summed E-state index contributed by atoms with van der Waals surface area (Å²) in [5, 5.41) is 12.6. The standard InChI is InChI=1S/C10H9N3O2.ClH/c11-8-1-3-9(4-2-8)13-6-7(5-12-13)10(14)15;/h1-6H,11H2,(H,14,15);1H. The van der Waals surface area contributed by atoms with Gasteiger partial charge in [-0.3, -0.25) is 0 Å². The van der Waals surface area contributed by atoms with E-state index in [-0.39, 0.29) is 18.0 Å². The number of carboxylic acids is 1. The lowest BCUT2D eigenvalue weighted by atomic mass is 10.3. The van der Waals surface area contributed by atoms with Crippen molar-refractivity contribution in [2.75, 3.05) is 5.73 Å². The second-order valence-corrected chi connectivity index (χ2v) is 3.07. The zero-order valence-corrected chi connectivity index (χ0v) is 9.02. The van der Waals surface area contributed by atoms with Gasteiger partial charge in [0.2, 0.25) is 0 Å². The first-order valence-corrected chi connectivity index (χ1v) is 4.31. The van der Waals surface area contributed by atoms with Crippen molar-refractivity contribution < 1.29 is 9.90 Å². The van der Waals surface area contributed by atoms with Gasteiger partial charge in [0, 0.05) is 11.9 Å². The lowest BCUT2D eigenvalue weighted by Gasteiger charge is -2.00. The third-order valence-electron chi connectivity index (χ3n) is 1.99. The average Bonchev–Trinajstić information content (AvgIpc) is 2.68. The molecule has 0 atom stereocenters. The van der Waals surface area contributed by atoms with Crippen molar-refractivity contribution in [2.45, 2.75) is 0 Å². The Hall–Kier alpha value is -2.01. The molecule has 6 heteroatoms.